The molecule has 0 spiro atoms. The Bertz CT molecular complexity index is 1120. The lowest BCUT2D eigenvalue weighted by Crippen LogP contribution is -2.76. The van der Waals surface area contributed by atoms with Gasteiger partial charge < -0.3 is 15.1 Å². The molecule has 2 aromatic carbocycles. The van der Waals surface area contributed by atoms with E-state index in [0.29, 0.717) is 25.9 Å². The Labute approximate surface area is 219 Å². The van der Waals surface area contributed by atoms with Crippen LogP contribution in [0.3, 0.4) is 0 Å². The molecule has 0 radical (unpaired) electrons. The zero-order valence-corrected chi connectivity index (χ0v) is 21.4. The van der Waals surface area contributed by atoms with Crippen molar-refractivity contribution in [1.29, 1.82) is 0 Å². The molecule has 0 bridgehead atoms. The first-order valence-corrected chi connectivity index (χ1v) is 13.0. The zero-order chi connectivity index (χ0) is 26.2. The van der Waals surface area contributed by atoms with E-state index in [1.807, 2.05) is 60.7 Å². The highest BCUT2D eigenvalue weighted by Crippen LogP contribution is 2.29. The van der Waals surface area contributed by atoms with Crippen LogP contribution in [0.1, 0.15) is 37.3 Å². The van der Waals surface area contributed by atoms with Crippen LogP contribution in [-0.2, 0) is 22.6 Å². The van der Waals surface area contributed by atoms with Gasteiger partial charge in [-0.2, -0.15) is 5.01 Å². The maximum atomic E-state index is 13.6. The molecule has 2 aromatic rings. The van der Waals surface area contributed by atoms with E-state index < -0.39 is 12.2 Å². The number of unbranched alkanes of at least 4 members (excludes halogenated alkanes) is 1. The fourth-order valence-corrected chi connectivity index (χ4v) is 5.08. The summed E-state index contributed by atoms with van der Waals surface area (Å²) in [7, 11) is 0. The van der Waals surface area contributed by atoms with E-state index in [2.05, 4.69) is 18.2 Å². The maximum Gasteiger partial charge on any atom is 0.334 e. The Balaban J connectivity index is 1.60. The molecule has 0 aromatic heterocycles. The highest BCUT2D eigenvalue weighted by molar-refractivity contribution is 5.91. The molecule has 2 heterocycles. The zero-order valence-electron chi connectivity index (χ0n) is 21.4. The summed E-state index contributed by atoms with van der Waals surface area (Å²) in [6.07, 6.45) is 7.97. The second-order valence-corrected chi connectivity index (χ2v) is 9.48. The van der Waals surface area contributed by atoms with Crippen LogP contribution in [-0.4, -0.2) is 76.0 Å². The summed E-state index contributed by atoms with van der Waals surface area (Å²) < 4.78 is 0. The summed E-state index contributed by atoms with van der Waals surface area (Å²) in [6, 6.07) is 18.7. The van der Waals surface area contributed by atoms with E-state index in [-0.39, 0.29) is 37.5 Å². The van der Waals surface area contributed by atoms with Gasteiger partial charge in [0.15, 0.2) is 0 Å². The molecule has 2 atom stereocenters. The summed E-state index contributed by atoms with van der Waals surface area (Å²) in [4.78, 5) is 44.0. The van der Waals surface area contributed by atoms with E-state index >= 15 is 0 Å². The van der Waals surface area contributed by atoms with E-state index in [1.54, 1.807) is 19.8 Å². The summed E-state index contributed by atoms with van der Waals surface area (Å²) in [5.74, 6) is 2.35. The summed E-state index contributed by atoms with van der Waals surface area (Å²) in [5.41, 5.74) is 2.10. The molecule has 1 unspecified atom stereocenters. The molecule has 194 valence electrons. The third-order valence-electron chi connectivity index (χ3n) is 6.94. The summed E-state index contributed by atoms with van der Waals surface area (Å²) >= 11 is 0. The van der Waals surface area contributed by atoms with Crippen LogP contribution >= 0.6 is 0 Å². The first kappa shape index (κ1) is 26.2. The van der Waals surface area contributed by atoms with Crippen LogP contribution in [0.25, 0.3) is 0 Å². The Morgan fingerprint density at radius 2 is 1.73 bits per heavy atom. The third kappa shape index (κ3) is 6.12. The summed E-state index contributed by atoms with van der Waals surface area (Å²) in [5, 5.41) is 6.16. The first-order valence-electron chi connectivity index (χ1n) is 13.0. The second-order valence-electron chi connectivity index (χ2n) is 9.48. The van der Waals surface area contributed by atoms with E-state index in [0.717, 1.165) is 24.0 Å². The van der Waals surface area contributed by atoms with Crippen molar-refractivity contribution in [2.24, 2.45) is 0 Å². The van der Waals surface area contributed by atoms with Gasteiger partial charge >= 0.3 is 6.03 Å². The molecular weight excluding hydrogens is 466 g/mol. The molecule has 1 N–H and O–H groups in total. The van der Waals surface area contributed by atoms with Crippen molar-refractivity contribution in [3.05, 3.63) is 71.8 Å². The van der Waals surface area contributed by atoms with Crippen molar-refractivity contribution in [1.82, 2.24) is 25.1 Å². The van der Waals surface area contributed by atoms with Crippen molar-refractivity contribution < 1.29 is 14.4 Å². The lowest BCUT2D eigenvalue weighted by Gasteiger charge is -2.55. The average Bonchev–Trinajstić information content (AvgIpc) is 2.92. The minimum absolute atomic E-state index is 0.0423. The van der Waals surface area contributed by atoms with E-state index in [9.17, 15) is 14.4 Å². The SMILES string of the molecule is C#CCN1CC(=O)N2C(CN(CCc3ccccc3)C(=O)[C@@H]2CCCC)N1C(=O)NCc1ccccc1. The van der Waals surface area contributed by atoms with Crippen LogP contribution in [0.15, 0.2) is 60.7 Å². The molecule has 4 amide bonds. The fourth-order valence-electron chi connectivity index (χ4n) is 5.08. The number of nitrogens with zero attached hydrogens (tertiary/aromatic N) is 4. The highest BCUT2D eigenvalue weighted by atomic mass is 16.2. The normalized spacial score (nSPS) is 19.9. The largest absolute Gasteiger partial charge is 0.337 e. The molecule has 2 saturated heterocycles. The molecule has 4 rings (SSSR count). The highest BCUT2D eigenvalue weighted by Gasteiger charge is 2.50. The Morgan fingerprint density at radius 3 is 2.38 bits per heavy atom. The van der Waals surface area contributed by atoms with Gasteiger partial charge in [-0.3, -0.25) is 9.59 Å². The van der Waals surface area contributed by atoms with Gasteiger partial charge in [-0.05, 0) is 24.0 Å². The molecule has 2 aliphatic rings. The lowest BCUT2D eigenvalue weighted by atomic mass is 10.0. The number of nitrogens with one attached hydrogen (secondary N) is 1. The lowest BCUT2D eigenvalue weighted by molar-refractivity contribution is -0.189. The number of hydrogen-bond acceptors (Lipinski definition) is 4. The van der Waals surface area contributed by atoms with Gasteiger partial charge in [-0.25, -0.2) is 9.80 Å². The molecular formula is C29H35N5O3. The Kier molecular flexibility index (Phi) is 8.81. The molecule has 8 nitrogen and oxygen atoms in total. The number of amides is 4. The average molecular weight is 502 g/mol. The van der Waals surface area contributed by atoms with Gasteiger partial charge in [0.1, 0.15) is 12.2 Å². The molecule has 0 aliphatic carbocycles. The topological polar surface area (TPSA) is 76.2 Å². The number of carbonyl (C=O) groups excluding carboxylic acids is 3. The number of carbonyl (C=O) groups is 3. The summed E-state index contributed by atoms with van der Waals surface area (Å²) in [6.45, 7) is 3.23. The number of fused-ring (bicyclic) bond motifs is 1. The van der Waals surface area contributed by atoms with Crippen LogP contribution in [0.2, 0.25) is 0 Å². The van der Waals surface area contributed by atoms with Crippen molar-refractivity contribution in [3.63, 3.8) is 0 Å². The van der Waals surface area contributed by atoms with E-state index in [1.165, 1.54) is 0 Å². The number of benzene rings is 2. The van der Waals surface area contributed by atoms with Crippen molar-refractivity contribution in [2.45, 2.75) is 51.4 Å². The van der Waals surface area contributed by atoms with Gasteiger partial charge in [0, 0.05) is 13.1 Å². The predicted molar refractivity (Wildman–Crippen MR) is 142 cm³/mol. The van der Waals surface area contributed by atoms with Crippen LogP contribution in [0, 0.1) is 12.3 Å². The molecule has 2 aliphatic heterocycles. The van der Waals surface area contributed by atoms with Crippen molar-refractivity contribution >= 4 is 17.8 Å². The molecule has 2 fully saturated rings. The Morgan fingerprint density at radius 1 is 1.05 bits per heavy atom. The van der Waals surface area contributed by atoms with Gasteiger partial charge in [0.2, 0.25) is 11.8 Å². The van der Waals surface area contributed by atoms with Gasteiger partial charge in [-0.1, -0.05) is 86.3 Å². The predicted octanol–water partition coefficient (Wildman–Crippen LogP) is 2.86. The molecule has 8 heteroatoms. The van der Waals surface area contributed by atoms with Gasteiger partial charge in [0.05, 0.1) is 19.6 Å². The fraction of sp³-hybridized carbons (Fsp3) is 0.414. The minimum atomic E-state index is -0.624. The monoisotopic (exact) mass is 501 g/mol. The maximum absolute atomic E-state index is 13.6. The number of terminal acetylenes is 1. The van der Waals surface area contributed by atoms with Crippen molar-refractivity contribution in [3.8, 4) is 12.3 Å². The number of hydrazine groups is 1. The number of piperazine rings is 1. The standard InChI is InChI=1S/C29H35N5O3/c1-3-5-16-25-28(36)31(19-17-23-12-8-6-9-13-23)21-26-33(25)27(35)22-32(18-4-2)34(26)29(37)30-20-24-14-10-7-11-15-24/h2,6-15,25-26H,3,5,16-22H2,1H3,(H,30,37)/t25-,26?/m0/s1. The quantitative estimate of drug-likeness (QED) is 0.536. The minimum Gasteiger partial charge on any atom is -0.337 e. The molecule has 37 heavy (non-hydrogen) atoms. The third-order valence-corrected chi connectivity index (χ3v) is 6.94. The molecule has 0 saturated carbocycles. The van der Waals surface area contributed by atoms with Crippen LogP contribution in [0.5, 0.6) is 0 Å². The second kappa shape index (κ2) is 12.4. The van der Waals surface area contributed by atoms with E-state index in [4.69, 9.17) is 6.42 Å². The van der Waals surface area contributed by atoms with Gasteiger partial charge in [0.25, 0.3) is 0 Å². The number of rotatable bonds is 9. The first-order chi connectivity index (χ1) is 18.0. The van der Waals surface area contributed by atoms with Crippen molar-refractivity contribution in [2.75, 3.05) is 26.2 Å². The number of urea groups is 1. The Hall–Kier alpha value is -3.83. The van der Waals surface area contributed by atoms with Crippen LogP contribution < -0.4 is 5.32 Å². The number of hydrogen-bond donors (Lipinski definition) is 1. The van der Waals surface area contributed by atoms with Gasteiger partial charge in [-0.15, -0.1) is 6.42 Å². The smallest absolute Gasteiger partial charge is 0.334 e. The van der Waals surface area contributed by atoms with Crippen LogP contribution in [0.4, 0.5) is 4.79 Å².